The van der Waals surface area contributed by atoms with Gasteiger partial charge >= 0.3 is 0 Å². The Morgan fingerprint density at radius 2 is 2.31 bits per heavy atom. The van der Waals surface area contributed by atoms with Crippen molar-refractivity contribution in [1.29, 1.82) is 5.26 Å². The van der Waals surface area contributed by atoms with Gasteiger partial charge in [0.1, 0.15) is 12.2 Å². The van der Waals surface area contributed by atoms with Gasteiger partial charge in [-0.25, -0.2) is 0 Å². The van der Waals surface area contributed by atoms with Gasteiger partial charge in [0, 0.05) is 13.7 Å². The summed E-state index contributed by atoms with van der Waals surface area (Å²) in [5, 5.41) is 11.4. The van der Waals surface area contributed by atoms with E-state index in [0.717, 1.165) is 0 Å². The fourth-order valence-corrected chi connectivity index (χ4v) is 1.21. The first-order valence-electron chi connectivity index (χ1n) is 4.75. The van der Waals surface area contributed by atoms with Crippen molar-refractivity contribution in [2.24, 2.45) is 5.73 Å². The zero-order valence-electron chi connectivity index (χ0n) is 8.93. The number of nitriles is 1. The van der Waals surface area contributed by atoms with E-state index < -0.39 is 6.10 Å². The minimum absolute atomic E-state index is 0.0943. The zero-order valence-corrected chi connectivity index (χ0v) is 8.93. The molecule has 1 rings (SSSR count). The normalized spacial score (nSPS) is 11.6. The molecule has 0 aliphatic carbocycles. The molecule has 1 amide bonds. The van der Waals surface area contributed by atoms with Crippen molar-refractivity contribution in [1.82, 2.24) is 0 Å². The number of carbonyl (C=O) groups excluding carboxylic acids is 1. The number of hydrogen-bond acceptors (Lipinski definition) is 4. The summed E-state index contributed by atoms with van der Waals surface area (Å²) in [6.45, 7) is 0.0943. The lowest BCUT2D eigenvalue weighted by Crippen LogP contribution is -2.36. The number of carbonyl (C=O) groups is 1. The van der Waals surface area contributed by atoms with Crippen LogP contribution in [0.2, 0.25) is 0 Å². The van der Waals surface area contributed by atoms with Crippen LogP contribution in [0.4, 0.5) is 5.69 Å². The van der Waals surface area contributed by atoms with Crippen LogP contribution in [0.1, 0.15) is 5.56 Å². The van der Waals surface area contributed by atoms with Crippen molar-refractivity contribution in [3.05, 3.63) is 29.8 Å². The first kappa shape index (κ1) is 12.2. The molecule has 0 heterocycles. The molecule has 1 atom stereocenters. The number of nitrogens with one attached hydrogen (secondary N) is 1. The highest BCUT2D eigenvalue weighted by atomic mass is 16.5. The first-order valence-corrected chi connectivity index (χ1v) is 4.75. The van der Waals surface area contributed by atoms with Gasteiger partial charge in [-0.2, -0.15) is 5.26 Å². The number of anilines is 1. The Balaban J connectivity index is 2.81. The van der Waals surface area contributed by atoms with Crippen LogP contribution in [0, 0.1) is 11.3 Å². The highest BCUT2D eigenvalue weighted by molar-refractivity contribution is 5.95. The minimum Gasteiger partial charge on any atom is -0.370 e. The lowest BCUT2D eigenvalue weighted by molar-refractivity contribution is -0.125. The number of rotatable bonds is 4. The summed E-state index contributed by atoms with van der Waals surface area (Å²) in [7, 11) is 1.41. The van der Waals surface area contributed by atoms with E-state index in [2.05, 4.69) is 5.32 Å². The molecule has 0 saturated carbocycles. The molecule has 1 aromatic rings. The van der Waals surface area contributed by atoms with E-state index in [9.17, 15) is 4.79 Å². The molecule has 5 heteroatoms. The van der Waals surface area contributed by atoms with Gasteiger partial charge in [-0.1, -0.05) is 12.1 Å². The van der Waals surface area contributed by atoms with Gasteiger partial charge in [-0.15, -0.1) is 0 Å². The Labute approximate surface area is 93.8 Å². The van der Waals surface area contributed by atoms with E-state index in [1.54, 1.807) is 24.3 Å². The van der Waals surface area contributed by atoms with E-state index in [1.807, 2.05) is 6.07 Å². The van der Waals surface area contributed by atoms with E-state index in [4.69, 9.17) is 15.7 Å². The molecule has 0 saturated heterocycles. The molecular formula is C11H13N3O2. The smallest absolute Gasteiger partial charge is 0.254 e. The van der Waals surface area contributed by atoms with Gasteiger partial charge < -0.3 is 15.8 Å². The molecule has 0 aromatic heterocycles. The average Bonchev–Trinajstić information content (AvgIpc) is 2.31. The number of ether oxygens (including phenoxy) is 1. The van der Waals surface area contributed by atoms with Crippen LogP contribution in [-0.4, -0.2) is 25.7 Å². The van der Waals surface area contributed by atoms with Crippen molar-refractivity contribution in [2.75, 3.05) is 19.0 Å². The molecule has 3 N–H and O–H groups in total. The molecular weight excluding hydrogens is 206 g/mol. The Hall–Kier alpha value is -1.90. The standard InChI is InChI=1S/C11H13N3O2/c1-16-10(7-13)11(15)14-9-5-3-2-4-8(9)6-12/h2-5,10H,7,13H2,1H3,(H,14,15). The Morgan fingerprint density at radius 1 is 1.62 bits per heavy atom. The van der Waals surface area contributed by atoms with Gasteiger partial charge in [0.2, 0.25) is 0 Å². The van der Waals surface area contributed by atoms with E-state index >= 15 is 0 Å². The predicted molar refractivity (Wildman–Crippen MR) is 59.6 cm³/mol. The van der Waals surface area contributed by atoms with Gasteiger partial charge in [-0.05, 0) is 12.1 Å². The largest absolute Gasteiger partial charge is 0.370 e. The third-order valence-corrected chi connectivity index (χ3v) is 2.10. The van der Waals surface area contributed by atoms with Crippen LogP contribution < -0.4 is 11.1 Å². The number of amides is 1. The summed E-state index contributed by atoms with van der Waals surface area (Å²) in [4.78, 5) is 11.6. The number of nitrogens with two attached hydrogens (primary N) is 1. The van der Waals surface area contributed by atoms with Gasteiger partial charge in [-0.3, -0.25) is 4.79 Å². The highest BCUT2D eigenvalue weighted by Crippen LogP contribution is 2.13. The van der Waals surface area contributed by atoms with Crippen LogP contribution in [0.5, 0.6) is 0 Å². The number of nitrogens with zero attached hydrogens (tertiary/aromatic N) is 1. The molecule has 0 bridgehead atoms. The van der Waals surface area contributed by atoms with Crippen molar-refractivity contribution in [3.8, 4) is 6.07 Å². The monoisotopic (exact) mass is 219 g/mol. The summed E-state index contributed by atoms with van der Waals surface area (Å²) in [6, 6.07) is 8.73. The van der Waals surface area contributed by atoms with Gasteiger partial charge in [0.05, 0.1) is 11.3 Å². The lowest BCUT2D eigenvalue weighted by Gasteiger charge is -2.13. The topological polar surface area (TPSA) is 88.1 Å². The molecule has 5 nitrogen and oxygen atoms in total. The first-order chi connectivity index (χ1) is 7.72. The summed E-state index contributed by atoms with van der Waals surface area (Å²) < 4.78 is 4.89. The average molecular weight is 219 g/mol. The number of para-hydroxylation sites is 1. The Kier molecular flexibility index (Phi) is 4.45. The highest BCUT2D eigenvalue weighted by Gasteiger charge is 2.16. The second kappa shape index (κ2) is 5.85. The van der Waals surface area contributed by atoms with Crippen molar-refractivity contribution < 1.29 is 9.53 Å². The zero-order chi connectivity index (χ0) is 12.0. The molecule has 0 radical (unpaired) electrons. The lowest BCUT2D eigenvalue weighted by atomic mass is 10.2. The molecule has 0 fully saturated rings. The van der Waals surface area contributed by atoms with E-state index in [-0.39, 0.29) is 12.5 Å². The molecule has 0 aliphatic rings. The fourth-order valence-electron chi connectivity index (χ4n) is 1.21. The van der Waals surface area contributed by atoms with Crippen LogP contribution in [0.3, 0.4) is 0 Å². The number of hydrogen-bond donors (Lipinski definition) is 2. The third-order valence-electron chi connectivity index (χ3n) is 2.10. The molecule has 0 aliphatic heterocycles. The van der Waals surface area contributed by atoms with Crippen molar-refractivity contribution in [2.45, 2.75) is 6.10 Å². The number of methoxy groups -OCH3 is 1. The Morgan fingerprint density at radius 3 is 2.88 bits per heavy atom. The maximum absolute atomic E-state index is 11.6. The predicted octanol–water partition coefficient (Wildman–Crippen LogP) is 0.470. The summed E-state index contributed by atoms with van der Waals surface area (Å²) in [5.74, 6) is -0.354. The van der Waals surface area contributed by atoms with Crippen molar-refractivity contribution in [3.63, 3.8) is 0 Å². The van der Waals surface area contributed by atoms with Crippen molar-refractivity contribution >= 4 is 11.6 Å². The summed E-state index contributed by atoms with van der Waals surface area (Å²) >= 11 is 0. The SMILES string of the molecule is COC(CN)C(=O)Nc1ccccc1C#N. The molecule has 84 valence electrons. The van der Waals surface area contributed by atoms with Gasteiger partial charge in [0.25, 0.3) is 5.91 Å². The van der Waals surface area contributed by atoms with Crippen LogP contribution in [0.25, 0.3) is 0 Å². The van der Waals surface area contributed by atoms with Crippen LogP contribution in [0.15, 0.2) is 24.3 Å². The molecule has 1 aromatic carbocycles. The maximum Gasteiger partial charge on any atom is 0.254 e. The second-order valence-corrected chi connectivity index (χ2v) is 3.11. The summed E-state index contributed by atoms with van der Waals surface area (Å²) in [6.07, 6.45) is -0.702. The third kappa shape index (κ3) is 2.79. The summed E-state index contributed by atoms with van der Waals surface area (Å²) in [5.41, 5.74) is 6.23. The quantitative estimate of drug-likeness (QED) is 0.770. The minimum atomic E-state index is -0.702. The number of benzene rings is 1. The maximum atomic E-state index is 11.6. The molecule has 1 unspecified atom stereocenters. The van der Waals surface area contributed by atoms with Crippen LogP contribution >= 0.6 is 0 Å². The Bertz CT molecular complexity index is 408. The van der Waals surface area contributed by atoms with Gasteiger partial charge in [0.15, 0.2) is 0 Å². The van der Waals surface area contributed by atoms with E-state index in [0.29, 0.717) is 11.3 Å². The second-order valence-electron chi connectivity index (χ2n) is 3.11. The molecule has 0 spiro atoms. The van der Waals surface area contributed by atoms with Crippen LogP contribution in [-0.2, 0) is 9.53 Å². The fraction of sp³-hybridized carbons (Fsp3) is 0.273. The molecule has 16 heavy (non-hydrogen) atoms. The van der Waals surface area contributed by atoms with E-state index in [1.165, 1.54) is 7.11 Å².